The summed E-state index contributed by atoms with van der Waals surface area (Å²) < 4.78 is 14.5. The first-order valence-corrected chi connectivity index (χ1v) is 12.3. The summed E-state index contributed by atoms with van der Waals surface area (Å²) in [6.07, 6.45) is 4.81. The van der Waals surface area contributed by atoms with Crippen LogP contribution in [-0.4, -0.2) is 58.9 Å². The van der Waals surface area contributed by atoms with Gasteiger partial charge in [0.15, 0.2) is 0 Å². The fourth-order valence-electron chi connectivity index (χ4n) is 4.26. The summed E-state index contributed by atoms with van der Waals surface area (Å²) in [6.45, 7) is 1.36. The molecule has 4 rings (SSSR count). The number of hydrogen-bond acceptors (Lipinski definition) is 5. The maximum Gasteiger partial charge on any atom is 0.254 e. The number of phenols is 1. The molecule has 0 saturated heterocycles. The van der Waals surface area contributed by atoms with E-state index in [9.17, 15) is 23.9 Å². The molecule has 2 heterocycles. The number of rotatable bonds is 1. The second-order valence-electron chi connectivity index (χ2n) is 8.89. The summed E-state index contributed by atoms with van der Waals surface area (Å²) in [5, 5.41) is 16.0. The standard InChI is InChI=1S/C28H29FN4O4/c29-24-6-5-21-18-23(24)27(36)32-11-2-16-33(28(37)20-9-12-30-13-10-20)15-1-3-26(35)31-14-8-19-4-7-25(34)22(21)17-19/h4-7,9-10,12-13,17-18,34H,1-3,8,11,14-16H2,(H,31,35)(H,32,36). The van der Waals surface area contributed by atoms with Gasteiger partial charge in [-0.3, -0.25) is 19.4 Å². The molecule has 1 aliphatic rings. The molecule has 0 saturated carbocycles. The van der Waals surface area contributed by atoms with E-state index in [2.05, 4.69) is 15.6 Å². The molecule has 8 nitrogen and oxygen atoms in total. The van der Waals surface area contributed by atoms with Gasteiger partial charge in [0.2, 0.25) is 5.91 Å². The number of nitrogens with zero attached hydrogens (tertiary/aromatic N) is 2. The maximum absolute atomic E-state index is 14.5. The van der Waals surface area contributed by atoms with Gasteiger partial charge in [-0.25, -0.2) is 4.39 Å². The third kappa shape index (κ3) is 6.69. The van der Waals surface area contributed by atoms with E-state index in [1.54, 1.807) is 47.6 Å². The number of carbonyl (C=O) groups excluding carboxylic acids is 3. The van der Waals surface area contributed by atoms with Gasteiger partial charge in [-0.05, 0) is 66.8 Å². The minimum Gasteiger partial charge on any atom is -0.507 e. The number of aromatic nitrogens is 1. The van der Waals surface area contributed by atoms with Crippen LogP contribution in [0.2, 0.25) is 0 Å². The van der Waals surface area contributed by atoms with Crippen LogP contribution >= 0.6 is 0 Å². The lowest BCUT2D eigenvalue weighted by molar-refractivity contribution is -0.121. The third-order valence-electron chi connectivity index (χ3n) is 6.26. The quantitative estimate of drug-likeness (QED) is 0.471. The molecule has 0 fully saturated rings. The molecule has 0 spiro atoms. The van der Waals surface area contributed by atoms with Crippen LogP contribution in [0.1, 0.15) is 45.5 Å². The summed E-state index contributed by atoms with van der Waals surface area (Å²) in [7, 11) is 0. The smallest absolute Gasteiger partial charge is 0.254 e. The predicted octanol–water partition coefficient (Wildman–Crippen LogP) is 3.31. The van der Waals surface area contributed by atoms with Crippen molar-refractivity contribution in [3.63, 3.8) is 0 Å². The number of carbonyl (C=O) groups is 3. The molecule has 0 radical (unpaired) electrons. The zero-order valence-electron chi connectivity index (χ0n) is 20.4. The first kappa shape index (κ1) is 25.8. The second kappa shape index (κ2) is 12.1. The summed E-state index contributed by atoms with van der Waals surface area (Å²) in [5.41, 5.74) is 2.21. The highest BCUT2D eigenvalue weighted by molar-refractivity contribution is 5.96. The molecule has 3 aromatic rings. The molecule has 2 aromatic carbocycles. The van der Waals surface area contributed by atoms with E-state index >= 15 is 0 Å². The number of hydrogen-bond donors (Lipinski definition) is 3. The Hall–Kier alpha value is -4.27. The molecule has 3 N–H and O–H groups in total. The molecule has 1 aromatic heterocycles. The molecule has 4 bridgehead atoms. The SMILES string of the molecule is O=C1CCCN(C(=O)c2ccncc2)CCCNC(=O)c2cc(ccc2F)-c2cc(ccc2O)CCN1. The maximum atomic E-state index is 14.5. The first-order chi connectivity index (χ1) is 17.9. The number of aromatic hydroxyl groups is 1. The largest absolute Gasteiger partial charge is 0.507 e. The highest BCUT2D eigenvalue weighted by Crippen LogP contribution is 2.31. The van der Waals surface area contributed by atoms with Gasteiger partial charge in [0.05, 0.1) is 5.56 Å². The Morgan fingerprint density at radius 2 is 1.68 bits per heavy atom. The molecule has 192 valence electrons. The molecular formula is C28H29FN4O4. The number of phenolic OH excluding ortho intramolecular Hbond substituents is 1. The first-order valence-electron chi connectivity index (χ1n) is 12.3. The van der Waals surface area contributed by atoms with E-state index in [1.165, 1.54) is 18.2 Å². The summed E-state index contributed by atoms with van der Waals surface area (Å²) in [4.78, 5) is 43.8. The van der Waals surface area contributed by atoms with Gasteiger partial charge < -0.3 is 20.6 Å². The van der Waals surface area contributed by atoms with E-state index in [1.807, 2.05) is 0 Å². The zero-order valence-corrected chi connectivity index (χ0v) is 20.4. The van der Waals surface area contributed by atoms with Gasteiger partial charge in [0.1, 0.15) is 11.6 Å². The van der Waals surface area contributed by atoms with Crippen molar-refractivity contribution >= 4 is 17.7 Å². The lowest BCUT2D eigenvalue weighted by Gasteiger charge is -2.23. The Balaban J connectivity index is 1.56. The number of pyridine rings is 1. The van der Waals surface area contributed by atoms with Crippen LogP contribution in [0.3, 0.4) is 0 Å². The topological polar surface area (TPSA) is 112 Å². The minimum atomic E-state index is -0.667. The zero-order chi connectivity index (χ0) is 26.2. The lowest BCUT2D eigenvalue weighted by Crippen LogP contribution is -2.36. The van der Waals surface area contributed by atoms with Crippen LogP contribution in [0.15, 0.2) is 60.9 Å². The van der Waals surface area contributed by atoms with Crippen molar-refractivity contribution in [2.45, 2.75) is 25.7 Å². The van der Waals surface area contributed by atoms with Crippen LogP contribution in [0.25, 0.3) is 11.1 Å². The number of nitrogens with one attached hydrogen (secondary N) is 2. The van der Waals surface area contributed by atoms with Crippen LogP contribution in [-0.2, 0) is 11.2 Å². The third-order valence-corrected chi connectivity index (χ3v) is 6.26. The van der Waals surface area contributed by atoms with Crippen LogP contribution in [0, 0.1) is 5.82 Å². The van der Waals surface area contributed by atoms with Crippen molar-refractivity contribution < 1.29 is 23.9 Å². The number of halogens is 1. The van der Waals surface area contributed by atoms with Gasteiger partial charge in [-0.2, -0.15) is 0 Å². The van der Waals surface area contributed by atoms with Gasteiger partial charge in [-0.15, -0.1) is 0 Å². The van der Waals surface area contributed by atoms with Gasteiger partial charge in [-0.1, -0.05) is 12.1 Å². The molecule has 3 amide bonds. The van der Waals surface area contributed by atoms with Crippen LogP contribution in [0.4, 0.5) is 4.39 Å². The fourth-order valence-corrected chi connectivity index (χ4v) is 4.26. The molecular weight excluding hydrogens is 475 g/mol. The lowest BCUT2D eigenvalue weighted by atomic mass is 9.98. The van der Waals surface area contributed by atoms with E-state index in [0.29, 0.717) is 55.6 Å². The molecule has 0 unspecified atom stereocenters. The minimum absolute atomic E-state index is 0.00981. The number of fused-ring (bicyclic) bond motifs is 5. The van der Waals surface area contributed by atoms with Crippen molar-refractivity contribution in [2.24, 2.45) is 0 Å². The van der Waals surface area contributed by atoms with Crippen LogP contribution < -0.4 is 10.6 Å². The second-order valence-corrected chi connectivity index (χ2v) is 8.89. The normalized spacial score (nSPS) is 15.5. The highest BCUT2D eigenvalue weighted by Gasteiger charge is 2.18. The Bertz CT molecular complexity index is 1280. The van der Waals surface area contributed by atoms with Gasteiger partial charge in [0.25, 0.3) is 11.8 Å². The van der Waals surface area contributed by atoms with Gasteiger partial charge >= 0.3 is 0 Å². The van der Waals surface area contributed by atoms with Gasteiger partial charge in [0, 0.05) is 56.1 Å². The molecule has 37 heavy (non-hydrogen) atoms. The monoisotopic (exact) mass is 504 g/mol. The van der Waals surface area contributed by atoms with E-state index < -0.39 is 11.7 Å². The number of benzene rings is 2. The summed E-state index contributed by atoms with van der Waals surface area (Å²) >= 11 is 0. The van der Waals surface area contributed by atoms with E-state index in [-0.39, 0.29) is 36.1 Å². The predicted molar refractivity (Wildman–Crippen MR) is 137 cm³/mol. The van der Waals surface area contributed by atoms with E-state index in [0.717, 1.165) is 5.56 Å². The molecule has 0 atom stereocenters. The van der Waals surface area contributed by atoms with Crippen molar-refractivity contribution in [3.8, 4) is 16.9 Å². The van der Waals surface area contributed by atoms with Crippen molar-refractivity contribution in [1.29, 1.82) is 0 Å². The average Bonchev–Trinajstić information content (AvgIpc) is 2.91. The Morgan fingerprint density at radius 1 is 0.892 bits per heavy atom. The van der Waals surface area contributed by atoms with Crippen LogP contribution in [0.5, 0.6) is 5.75 Å². The summed E-state index contributed by atoms with van der Waals surface area (Å²) in [6, 6.07) is 12.5. The Kier molecular flexibility index (Phi) is 8.45. The molecule has 9 heteroatoms. The van der Waals surface area contributed by atoms with Crippen molar-refractivity contribution in [1.82, 2.24) is 20.5 Å². The Labute approximate surface area is 214 Å². The molecule has 1 aliphatic heterocycles. The number of amides is 3. The van der Waals surface area contributed by atoms with Crippen molar-refractivity contribution in [3.05, 3.63) is 83.4 Å². The van der Waals surface area contributed by atoms with Crippen molar-refractivity contribution in [2.75, 3.05) is 26.2 Å². The summed E-state index contributed by atoms with van der Waals surface area (Å²) in [5.74, 6) is -1.52. The Morgan fingerprint density at radius 3 is 2.49 bits per heavy atom. The molecule has 0 aliphatic carbocycles. The average molecular weight is 505 g/mol. The highest BCUT2D eigenvalue weighted by atomic mass is 19.1. The van der Waals surface area contributed by atoms with E-state index in [4.69, 9.17) is 0 Å². The fraction of sp³-hybridized carbons (Fsp3) is 0.286.